The number of carboxylic acid groups (broad SMARTS) is 1. The molecule has 1 saturated heterocycles. The van der Waals surface area contributed by atoms with Crippen molar-refractivity contribution in [2.45, 2.75) is 52.0 Å². The lowest BCUT2D eigenvalue weighted by Gasteiger charge is -2.31. The van der Waals surface area contributed by atoms with Gasteiger partial charge in [0, 0.05) is 0 Å². The minimum atomic E-state index is -0.700. The second-order valence-corrected chi connectivity index (χ2v) is 5.32. The van der Waals surface area contributed by atoms with Gasteiger partial charge in [-0.15, -0.1) is 0 Å². The Morgan fingerprint density at radius 3 is 2.56 bits per heavy atom. The van der Waals surface area contributed by atoms with E-state index in [1.54, 1.807) is 0 Å². The van der Waals surface area contributed by atoms with Crippen LogP contribution >= 0.6 is 0 Å². The predicted molar refractivity (Wildman–Crippen MR) is 73.8 cm³/mol. The summed E-state index contributed by atoms with van der Waals surface area (Å²) in [6.45, 7) is 8.61. The molecule has 106 valence electrons. The van der Waals surface area contributed by atoms with E-state index in [1.807, 2.05) is 0 Å². The lowest BCUT2D eigenvalue weighted by molar-refractivity contribution is -0.139. The highest BCUT2D eigenvalue weighted by molar-refractivity contribution is 5.73. The fourth-order valence-corrected chi connectivity index (χ4v) is 2.54. The van der Waals surface area contributed by atoms with Gasteiger partial charge in [-0.25, -0.2) is 0 Å². The molecule has 1 rings (SSSR count). The lowest BCUT2D eigenvalue weighted by Crippen LogP contribution is -2.42. The minimum absolute atomic E-state index is 0.353. The number of likely N-dealkylation sites (tertiary alicyclic amines) is 1. The van der Waals surface area contributed by atoms with Crippen molar-refractivity contribution in [3.8, 4) is 0 Å². The number of rotatable bonds is 8. The zero-order valence-electron chi connectivity index (χ0n) is 11.8. The molecule has 0 aromatic rings. The van der Waals surface area contributed by atoms with Crippen LogP contribution in [0, 0.1) is 5.92 Å². The zero-order chi connectivity index (χ0) is 13.4. The summed E-state index contributed by atoms with van der Waals surface area (Å²) in [6, 6.07) is -0.353. The highest BCUT2D eigenvalue weighted by Gasteiger charge is 2.21. The van der Waals surface area contributed by atoms with Gasteiger partial charge in [0.15, 0.2) is 0 Å². The van der Waals surface area contributed by atoms with Crippen LogP contribution in [0.1, 0.15) is 46.0 Å². The summed E-state index contributed by atoms with van der Waals surface area (Å²) in [5.41, 5.74) is 0. The van der Waals surface area contributed by atoms with E-state index in [-0.39, 0.29) is 6.04 Å². The molecular weight excluding hydrogens is 228 g/mol. The molecule has 4 nitrogen and oxygen atoms in total. The van der Waals surface area contributed by atoms with Crippen LogP contribution < -0.4 is 5.32 Å². The van der Waals surface area contributed by atoms with Crippen LogP contribution in [0.5, 0.6) is 0 Å². The summed E-state index contributed by atoms with van der Waals surface area (Å²) in [7, 11) is 0. The first kappa shape index (κ1) is 15.4. The van der Waals surface area contributed by atoms with Crippen molar-refractivity contribution < 1.29 is 9.90 Å². The molecule has 0 amide bonds. The SMILES string of the molecule is CCCCC(NCC1CCN(CC)CC1)C(=O)O. The third-order valence-corrected chi connectivity index (χ3v) is 3.95. The summed E-state index contributed by atoms with van der Waals surface area (Å²) in [5, 5.41) is 12.4. The van der Waals surface area contributed by atoms with E-state index < -0.39 is 5.97 Å². The summed E-state index contributed by atoms with van der Waals surface area (Å²) in [6.07, 6.45) is 5.18. The smallest absolute Gasteiger partial charge is 0.320 e. The van der Waals surface area contributed by atoms with Crippen molar-refractivity contribution in [1.82, 2.24) is 10.2 Å². The first-order chi connectivity index (χ1) is 8.67. The van der Waals surface area contributed by atoms with Crippen LogP contribution in [-0.2, 0) is 4.79 Å². The molecule has 0 spiro atoms. The Morgan fingerprint density at radius 2 is 2.06 bits per heavy atom. The van der Waals surface area contributed by atoms with Crippen molar-refractivity contribution >= 4 is 5.97 Å². The van der Waals surface area contributed by atoms with Gasteiger partial charge < -0.3 is 15.3 Å². The topological polar surface area (TPSA) is 52.6 Å². The summed E-state index contributed by atoms with van der Waals surface area (Å²) in [5.74, 6) is -0.0503. The zero-order valence-corrected chi connectivity index (χ0v) is 11.8. The van der Waals surface area contributed by atoms with Gasteiger partial charge in [0.2, 0.25) is 0 Å². The van der Waals surface area contributed by atoms with Gasteiger partial charge in [-0.3, -0.25) is 4.79 Å². The molecule has 4 heteroatoms. The number of piperidine rings is 1. The molecule has 1 fully saturated rings. The Morgan fingerprint density at radius 1 is 1.39 bits per heavy atom. The quantitative estimate of drug-likeness (QED) is 0.697. The number of nitrogens with zero attached hydrogens (tertiary/aromatic N) is 1. The molecule has 1 unspecified atom stereocenters. The van der Waals surface area contributed by atoms with E-state index in [0.29, 0.717) is 5.92 Å². The molecule has 1 heterocycles. The number of hydrogen-bond acceptors (Lipinski definition) is 3. The van der Waals surface area contributed by atoms with Crippen LogP contribution in [0.4, 0.5) is 0 Å². The van der Waals surface area contributed by atoms with Crippen molar-refractivity contribution in [3.63, 3.8) is 0 Å². The first-order valence-corrected chi connectivity index (χ1v) is 7.35. The highest BCUT2D eigenvalue weighted by atomic mass is 16.4. The summed E-state index contributed by atoms with van der Waals surface area (Å²) >= 11 is 0. The number of aliphatic carboxylic acids is 1. The maximum atomic E-state index is 11.1. The van der Waals surface area contributed by atoms with E-state index in [4.69, 9.17) is 5.11 Å². The van der Waals surface area contributed by atoms with Gasteiger partial charge in [0.1, 0.15) is 6.04 Å². The van der Waals surface area contributed by atoms with Gasteiger partial charge in [-0.1, -0.05) is 26.7 Å². The molecule has 0 saturated carbocycles. The van der Waals surface area contributed by atoms with Crippen molar-refractivity contribution in [1.29, 1.82) is 0 Å². The van der Waals surface area contributed by atoms with Gasteiger partial charge in [0.25, 0.3) is 0 Å². The van der Waals surface area contributed by atoms with E-state index >= 15 is 0 Å². The number of nitrogens with one attached hydrogen (secondary N) is 1. The van der Waals surface area contributed by atoms with Gasteiger partial charge >= 0.3 is 5.97 Å². The van der Waals surface area contributed by atoms with Crippen molar-refractivity contribution in [2.75, 3.05) is 26.2 Å². The van der Waals surface area contributed by atoms with E-state index in [1.165, 1.54) is 12.8 Å². The average molecular weight is 256 g/mol. The summed E-state index contributed by atoms with van der Waals surface area (Å²) < 4.78 is 0. The molecule has 0 aromatic heterocycles. The third-order valence-electron chi connectivity index (χ3n) is 3.95. The maximum absolute atomic E-state index is 11.1. The summed E-state index contributed by atoms with van der Waals surface area (Å²) in [4.78, 5) is 13.6. The molecule has 1 aliphatic heterocycles. The molecule has 0 bridgehead atoms. The highest BCUT2D eigenvalue weighted by Crippen LogP contribution is 2.16. The fourth-order valence-electron chi connectivity index (χ4n) is 2.54. The Bertz CT molecular complexity index is 238. The second kappa shape index (κ2) is 8.48. The standard InChI is InChI=1S/C14H28N2O2/c1-3-5-6-13(14(17)18)15-11-12-7-9-16(4-2)10-8-12/h12-13,15H,3-11H2,1-2H3,(H,17,18). The van der Waals surface area contributed by atoms with Crippen LogP contribution in [0.2, 0.25) is 0 Å². The number of carbonyl (C=O) groups is 1. The van der Waals surface area contributed by atoms with E-state index in [9.17, 15) is 4.79 Å². The predicted octanol–water partition coefficient (Wildman–Crippen LogP) is 1.95. The Balaban J connectivity index is 2.23. The molecule has 1 atom stereocenters. The molecule has 0 radical (unpaired) electrons. The van der Waals surface area contributed by atoms with Crippen LogP contribution in [0.3, 0.4) is 0 Å². The Kier molecular flexibility index (Phi) is 7.28. The number of unbranched alkanes of at least 4 members (excludes halogenated alkanes) is 1. The van der Waals surface area contributed by atoms with E-state index in [0.717, 1.165) is 45.4 Å². The molecule has 0 aromatic carbocycles. The average Bonchev–Trinajstić information content (AvgIpc) is 2.39. The van der Waals surface area contributed by atoms with Gasteiger partial charge in [0.05, 0.1) is 0 Å². The molecular formula is C14H28N2O2. The molecule has 0 aliphatic carbocycles. The first-order valence-electron chi connectivity index (χ1n) is 7.35. The number of carboxylic acids is 1. The van der Waals surface area contributed by atoms with Gasteiger partial charge in [-0.05, 0) is 51.4 Å². The van der Waals surface area contributed by atoms with Crippen LogP contribution in [0.25, 0.3) is 0 Å². The second-order valence-electron chi connectivity index (χ2n) is 5.32. The molecule has 18 heavy (non-hydrogen) atoms. The third kappa shape index (κ3) is 5.36. The normalized spacial score (nSPS) is 19.9. The van der Waals surface area contributed by atoms with Crippen LogP contribution in [-0.4, -0.2) is 48.2 Å². The Labute approximate surface area is 111 Å². The van der Waals surface area contributed by atoms with Crippen LogP contribution in [0.15, 0.2) is 0 Å². The molecule has 2 N–H and O–H groups in total. The molecule has 1 aliphatic rings. The maximum Gasteiger partial charge on any atom is 0.320 e. The number of hydrogen-bond donors (Lipinski definition) is 2. The van der Waals surface area contributed by atoms with E-state index in [2.05, 4.69) is 24.1 Å². The van der Waals surface area contributed by atoms with Crippen molar-refractivity contribution in [3.05, 3.63) is 0 Å². The van der Waals surface area contributed by atoms with Gasteiger partial charge in [-0.2, -0.15) is 0 Å². The Hall–Kier alpha value is -0.610. The monoisotopic (exact) mass is 256 g/mol. The largest absolute Gasteiger partial charge is 0.480 e. The minimum Gasteiger partial charge on any atom is -0.480 e. The fraction of sp³-hybridized carbons (Fsp3) is 0.929. The lowest BCUT2D eigenvalue weighted by atomic mass is 9.96. The van der Waals surface area contributed by atoms with Crippen molar-refractivity contribution in [2.24, 2.45) is 5.92 Å².